The third kappa shape index (κ3) is 5.05. The van der Waals surface area contributed by atoms with Gasteiger partial charge in [-0.3, -0.25) is 0 Å². The van der Waals surface area contributed by atoms with E-state index in [-0.39, 0.29) is 5.41 Å². The number of hydrogen-bond acceptors (Lipinski definition) is 2. The summed E-state index contributed by atoms with van der Waals surface area (Å²) in [5.74, 6) is 0. The maximum atomic E-state index is 8.85. The molecule has 0 aromatic heterocycles. The Labute approximate surface area is 87.7 Å². The van der Waals surface area contributed by atoms with Crippen LogP contribution in [0.1, 0.15) is 53.9 Å². The molecule has 0 aromatic carbocycles. The van der Waals surface area contributed by atoms with Gasteiger partial charge in [-0.15, -0.1) is 0 Å². The van der Waals surface area contributed by atoms with Crippen molar-refractivity contribution in [2.24, 2.45) is 10.6 Å². The first-order valence-electron chi connectivity index (χ1n) is 5.28. The minimum Gasteiger partial charge on any atom is -0.411 e. The molecule has 14 heavy (non-hydrogen) atoms. The van der Waals surface area contributed by atoms with Gasteiger partial charge in [0.05, 0.1) is 5.71 Å². The van der Waals surface area contributed by atoms with Crippen molar-refractivity contribution in [3.63, 3.8) is 0 Å². The Morgan fingerprint density at radius 1 is 1.36 bits per heavy atom. The van der Waals surface area contributed by atoms with E-state index in [1.165, 1.54) is 5.57 Å². The normalized spacial score (nSPS) is 14.6. The monoisotopic (exact) mass is 197 g/mol. The molecule has 2 heteroatoms. The molecule has 0 aliphatic heterocycles. The summed E-state index contributed by atoms with van der Waals surface area (Å²) in [5, 5.41) is 12.2. The van der Waals surface area contributed by atoms with Crippen molar-refractivity contribution in [1.29, 1.82) is 0 Å². The predicted molar refractivity (Wildman–Crippen MR) is 62.0 cm³/mol. The molecule has 0 heterocycles. The van der Waals surface area contributed by atoms with Crippen LogP contribution < -0.4 is 0 Å². The van der Waals surface area contributed by atoms with E-state index in [1.54, 1.807) is 0 Å². The molecule has 0 fully saturated rings. The van der Waals surface area contributed by atoms with Gasteiger partial charge in [-0.25, -0.2) is 0 Å². The molecule has 1 N–H and O–H groups in total. The SMILES string of the molecule is CCC(C)=CCCC(=NO)C(C)(C)C. The lowest BCUT2D eigenvalue weighted by Crippen LogP contribution is -2.20. The number of oxime groups is 1. The van der Waals surface area contributed by atoms with Crippen LogP contribution >= 0.6 is 0 Å². The first-order chi connectivity index (χ1) is 6.41. The van der Waals surface area contributed by atoms with E-state index in [1.807, 2.05) is 0 Å². The number of nitrogens with zero attached hydrogens (tertiary/aromatic N) is 1. The summed E-state index contributed by atoms with van der Waals surface area (Å²) in [7, 11) is 0. The van der Waals surface area contributed by atoms with Crippen LogP contribution in [-0.4, -0.2) is 10.9 Å². The first-order valence-corrected chi connectivity index (χ1v) is 5.28. The second-order valence-corrected chi connectivity index (χ2v) is 4.74. The Kier molecular flexibility index (Phi) is 5.51. The van der Waals surface area contributed by atoms with Crippen molar-refractivity contribution in [3.8, 4) is 0 Å². The Morgan fingerprint density at radius 3 is 2.29 bits per heavy atom. The van der Waals surface area contributed by atoms with Gasteiger partial charge in [-0.1, -0.05) is 44.5 Å². The lowest BCUT2D eigenvalue weighted by atomic mass is 9.87. The smallest absolute Gasteiger partial charge is 0.0627 e. The zero-order valence-corrected chi connectivity index (χ0v) is 10.1. The van der Waals surface area contributed by atoms with Crippen molar-refractivity contribution >= 4 is 5.71 Å². The van der Waals surface area contributed by atoms with Crippen LogP contribution in [0.15, 0.2) is 16.8 Å². The Balaban J connectivity index is 4.13. The van der Waals surface area contributed by atoms with Crippen LogP contribution in [0.5, 0.6) is 0 Å². The van der Waals surface area contributed by atoms with Crippen molar-refractivity contribution in [2.75, 3.05) is 0 Å². The highest BCUT2D eigenvalue weighted by molar-refractivity contribution is 5.88. The highest BCUT2D eigenvalue weighted by Gasteiger charge is 2.18. The summed E-state index contributed by atoms with van der Waals surface area (Å²) < 4.78 is 0. The third-order valence-electron chi connectivity index (χ3n) is 2.42. The molecule has 0 saturated heterocycles. The molecule has 0 amide bonds. The predicted octanol–water partition coefficient (Wildman–Crippen LogP) is 4.00. The van der Waals surface area contributed by atoms with Crippen LogP contribution in [-0.2, 0) is 0 Å². The van der Waals surface area contributed by atoms with Crippen LogP contribution in [0, 0.1) is 5.41 Å². The minimum atomic E-state index is -0.0251. The Bertz CT molecular complexity index is 221. The van der Waals surface area contributed by atoms with E-state index < -0.39 is 0 Å². The van der Waals surface area contributed by atoms with Crippen molar-refractivity contribution in [2.45, 2.75) is 53.9 Å². The molecule has 0 aromatic rings. The summed E-state index contributed by atoms with van der Waals surface area (Å²) in [4.78, 5) is 0. The lowest BCUT2D eigenvalue weighted by Gasteiger charge is -2.19. The third-order valence-corrected chi connectivity index (χ3v) is 2.42. The van der Waals surface area contributed by atoms with E-state index in [9.17, 15) is 0 Å². The van der Waals surface area contributed by atoms with Gasteiger partial charge in [0.25, 0.3) is 0 Å². The second kappa shape index (κ2) is 5.84. The molecule has 0 spiro atoms. The minimum absolute atomic E-state index is 0.0251. The van der Waals surface area contributed by atoms with Gasteiger partial charge in [-0.2, -0.15) is 0 Å². The van der Waals surface area contributed by atoms with Gasteiger partial charge in [-0.05, 0) is 26.2 Å². The van der Waals surface area contributed by atoms with Crippen molar-refractivity contribution in [3.05, 3.63) is 11.6 Å². The summed E-state index contributed by atoms with van der Waals surface area (Å²) in [5.41, 5.74) is 2.25. The largest absolute Gasteiger partial charge is 0.411 e. The highest BCUT2D eigenvalue weighted by atomic mass is 16.4. The standard InChI is InChI=1S/C12H23NO/c1-6-10(2)8-7-9-11(13-14)12(3,4)5/h8,14H,6-7,9H2,1-5H3. The van der Waals surface area contributed by atoms with E-state index in [2.05, 4.69) is 45.9 Å². The van der Waals surface area contributed by atoms with Crippen LogP contribution in [0.3, 0.4) is 0 Å². The van der Waals surface area contributed by atoms with Crippen LogP contribution in [0.25, 0.3) is 0 Å². The number of rotatable bonds is 4. The van der Waals surface area contributed by atoms with E-state index in [0.717, 1.165) is 25.0 Å². The molecule has 0 radical (unpaired) electrons. The fraction of sp³-hybridized carbons (Fsp3) is 0.750. The quantitative estimate of drug-likeness (QED) is 0.314. The van der Waals surface area contributed by atoms with Gasteiger partial charge in [0, 0.05) is 5.41 Å². The lowest BCUT2D eigenvalue weighted by molar-refractivity contribution is 0.309. The zero-order valence-electron chi connectivity index (χ0n) is 10.1. The second-order valence-electron chi connectivity index (χ2n) is 4.74. The maximum Gasteiger partial charge on any atom is 0.0627 e. The maximum absolute atomic E-state index is 8.85. The van der Waals surface area contributed by atoms with Crippen molar-refractivity contribution < 1.29 is 5.21 Å². The molecule has 0 bridgehead atoms. The molecule has 2 nitrogen and oxygen atoms in total. The molecule has 0 aliphatic carbocycles. The highest BCUT2D eigenvalue weighted by Crippen LogP contribution is 2.19. The van der Waals surface area contributed by atoms with Crippen LogP contribution in [0.2, 0.25) is 0 Å². The molecule has 0 unspecified atom stereocenters. The van der Waals surface area contributed by atoms with Gasteiger partial charge in [0.15, 0.2) is 0 Å². The Hall–Kier alpha value is -0.790. The van der Waals surface area contributed by atoms with Gasteiger partial charge in [0.2, 0.25) is 0 Å². The summed E-state index contributed by atoms with van der Waals surface area (Å²) in [6.07, 6.45) is 5.13. The first kappa shape index (κ1) is 13.2. The Morgan fingerprint density at radius 2 is 1.93 bits per heavy atom. The topological polar surface area (TPSA) is 32.6 Å². The fourth-order valence-corrected chi connectivity index (χ4v) is 1.17. The number of hydrogen-bond donors (Lipinski definition) is 1. The average Bonchev–Trinajstić information content (AvgIpc) is 2.09. The molecule has 0 saturated carbocycles. The van der Waals surface area contributed by atoms with Gasteiger partial charge >= 0.3 is 0 Å². The zero-order chi connectivity index (χ0) is 11.2. The summed E-state index contributed by atoms with van der Waals surface area (Å²) >= 11 is 0. The summed E-state index contributed by atoms with van der Waals surface area (Å²) in [6, 6.07) is 0. The molecular weight excluding hydrogens is 174 g/mol. The average molecular weight is 197 g/mol. The van der Waals surface area contributed by atoms with Crippen molar-refractivity contribution in [1.82, 2.24) is 0 Å². The molecule has 0 rings (SSSR count). The van der Waals surface area contributed by atoms with E-state index in [0.29, 0.717) is 0 Å². The molecular formula is C12H23NO. The number of allylic oxidation sites excluding steroid dienone is 2. The molecule has 0 atom stereocenters. The summed E-state index contributed by atoms with van der Waals surface area (Å²) in [6.45, 7) is 10.5. The molecule has 0 aliphatic rings. The van der Waals surface area contributed by atoms with Gasteiger partial charge in [0.1, 0.15) is 0 Å². The van der Waals surface area contributed by atoms with Gasteiger partial charge < -0.3 is 5.21 Å². The molecule has 82 valence electrons. The van der Waals surface area contributed by atoms with Crippen LogP contribution in [0.4, 0.5) is 0 Å². The van der Waals surface area contributed by atoms with E-state index >= 15 is 0 Å². The fourth-order valence-electron chi connectivity index (χ4n) is 1.17. The van der Waals surface area contributed by atoms with E-state index in [4.69, 9.17) is 5.21 Å².